The zero-order valence-corrected chi connectivity index (χ0v) is 27.8. The van der Waals surface area contributed by atoms with E-state index in [4.69, 9.17) is 9.47 Å². The third kappa shape index (κ3) is 6.39. The van der Waals surface area contributed by atoms with E-state index in [1.165, 1.54) is 42.5 Å². The van der Waals surface area contributed by atoms with Crippen molar-refractivity contribution in [3.8, 4) is 5.75 Å². The van der Waals surface area contributed by atoms with Crippen molar-refractivity contribution in [2.24, 2.45) is 5.92 Å². The first kappa shape index (κ1) is 33.5. The van der Waals surface area contributed by atoms with E-state index in [0.717, 1.165) is 40.1 Å². The van der Waals surface area contributed by atoms with Gasteiger partial charge in [0.1, 0.15) is 11.0 Å². The number of halogens is 4. The molecule has 3 atom stereocenters. The van der Waals surface area contributed by atoms with Gasteiger partial charge in [0.05, 0.1) is 40.1 Å². The number of aromatic nitrogens is 1. The third-order valence-corrected chi connectivity index (χ3v) is 10.5. The van der Waals surface area contributed by atoms with Crippen molar-refractivity contribution in [1.82, 2.24) is 4.98 Å². The maximum Gasteiger partial charge on any atom is 0.418 e. The Kier molecular flexibility index (Phi) is 9.24. The summed E-state index contributed by atoms with van der Waals surface area (Å²) in [5, 5.41) is 1.69. The Morgan fingerprint density at radius 1 is 1.02 bits per heavy atom. The van der Waals surface area contributed by atoms with E-state index in [1.807, 2.05) is 0 Å². The van der Waals surface area contributed by atoms with Crippen molar-refractivity contribution in [2.45, 2.75) is 29.3 Å². The van der Waals surface area contributed by atoms with Crippen molar-refractivity contribution in [3.05, 3.63) is 102 Å². The lowest BCUT2D eigenvalue weighted by Crippen LogP contribution is -2.32. The van der Waals surface area contributed by atoms with Crippen molar-refractivity contribution in [3.63, 3.8) is 0 Å². The molecular weight excluding hydrogens is 739 g/mol. The summed E-state index contributed by atoms with van der Waals surface area (Å²) in [4.78, 5) is 69.4. The minimum absolute atomic E-state index is 0.123. The van der Waals surface area contributed by atoms with Gasteiger partial charge < -0.3 is 19.8 Å². The Balaban J connectivity index is 1.32. The second-order valence-electron chi connectivity index (χ2n) is 10.6. The molecule has 0 radical (unpaired) electrons. The first-order chi connectivity index (χ1) is 22.9. The molecule has 0 bridgehead atoms. The molecule has 3 aromatic carbocycles. The number of nitrogens with one attached hydrogen (secondary N) is 2. The zero-order valence-electron chi connectivity index (χ0n) is 24.6. The molecule has 4 aromatic rings. The average Bonchev–Trinajstić information content (AvgIpc) is 3.54. The van der Waals surface area contributed by atoms with E-state index in [0.29, 0.717) is 19.9 Å². The molecule has 2 aliphatic heterocycles. The van der Waals surface area contributed by atoms with Crippen molar-refractivity contribution < 1.29 is 41.8 Å². The number of carbonyl (C=O) groups is 4. The highest BCUT2D eigenvalue weighted by atomic mass is 79.9. The smallest absolute Gasteiger partial charge is 0.418 e. The normalized spacial score (nSPS) is 18.7. The monoisotopic (exact) mass is 761 g/mol. The van der Waals surface area contributed by atoms with Crippen LogP contribution in [0, 0.1) is 5.92 Å². The topological polar surface area (TPSA) is 135 Å². The molecule has 3 unspecified atom stereocenters. The zero-order chi connectivity index (χ0) is 34.3. The fraction of sp³-hybridized carbons (Fsp3) is 0.219. The lowest BCUT2D eigenvalue weighted by atomic mass is 9.82. The van der Waals surface area contributed by atoms with E-state index in [1.54, 1.807) is 19.1 Å². The van der Waals surface area contributed by atoms with Gasteiger partial charge in [0.2, 0.25) is 11.8 Å². The standard InChI is InChI=1S/C32H23BrF3N3O7S2/c1-2-45-30(43)15-7-10-17(11-8-15)39-28(41)24-23(25-27(38-31(44)48-25)47-26(24)29(39)42)18-13-16(33)9-12-21(18)46-14-22(40)37-20-6-4-3-5-19(20)32(34,35)36/h3-13,23-24,26H,2,14H2,1H3,(H,37,40)(H,38,44). The summed E-state index contributed by atoms with van der Waals surface area (Å²) in [6.07, 6.45) is -4.70. The molecule has 1 aromatic heterocycles. The number of hydrogen-bond acceptors (Lipinski definition) is 9. The summed E-state index contributed by atoms with van der Waals surface area (Å²) in [5.74, 6) is -4.26. The third-order valence-electron chi connectivity index (χ3n) is 7.63. The van der Waals surface area contributed by atoms with Gasteiger partial charge >= 0.3 is 17.0 Å². The Morgan fingerprint density at radius 3 is 2.46 bits per heavy atom. The van der Waals surface area contributed by atoms with Crippen LogP contribution in [0.1, 0.15) is 39.2 Å². The molecule has 48 heavy (non-hydrogen) atoms. The van der Waals surface area contributed by atoms with E-state index < -0.39 is 69.7 Å². The number of imide groups is 1. The van der Waals surface area contributed by atoms with E-state index >= 15 is 0 Å². The Bertz CT molecular complexity index is 2000. The van der Waals surface area contributed by atoms with Crippen molar-refractivity contribution in [1.29, 1.82) is 0 Å². The lowest BCUT2D eigenvalue weighted by Gasteiger charge is -2.31. The van der Waals surface area contributed by atoms with Crippen molar-refractivity contribution >= 4 is 74.1 Å². The quantitative estimate of drug-likeness (QED) is 0.160. The second kappa shape index (κ2) is 13.2. The van der Waals surface area contributed by atoms with Crippen LogP contribution in [0.5, 0.6) is 5.75 Å². The first-order valence-corrected chi connectivity index (χ1v) is 16.8. The highest BCUT2D eigenvalue weighted by Crippen LogP contribution is 2.54. The van der Waals surface area contributed by atoms with Crippen LogP contribution in [0.3, 0.4) is 0 Å². The van der Waals surface area contributed by atoms with Gasteiger partial charge in [-0.25, -0.2) is 9.69 Å². The maximum atomic E-state index is 14.2. The van der Waals surface area contributed by atoms with E-state index in [-0.39, 0.29) is 23.6 Å². The molecule has 6 rings (SSSR count). The molecule has 1 fully saturated rings. The number of carbonyl (C=O) groups excluding carboxylic acids is 4. The number of thiazole rings is 1. The molecule has 2 N–H and O–H groups in total. The number of aromatic amines is 1. The number of para-hydroxylation sites is 1. The van der Waals surface area contributed by atoms with Gasteiger partial charge in [-0.05, 0) is 61.5 Å². The van der Waals surface area contributed by atoms with Crippen LogP contribution in [0.4, 0.5) is 24.5 Å². The van der Waals surface area contributed by atoms with Crippen LogP contribution in [0.25, 0.3) is 0 Å². The molecule has 2 aliphatic rings. The molecule has 10 nitrogen and oxygen atoms in total. The number of fused-ring (bicyclic) bond motifs is 2. The van der Waals surface area contributed by atoms with Crippen LogP contribution in [0.15, 0.2) is 81.0 Å². The molecule has 0 spiro atoms. The Labute approximate surface area is 286 Å². The largest absolute Gasteiger partial charge is 0.483 e. The van der Waals surface area contributed by atoms with Crippen LogP contribution in [-0.2, 0) is 25.3 Å². The molecule has 3 heterocycles. The predicted octanol–water partition coefficient (Wildman–Crippen LogP) is 6.21. The van der Waals surface area contributed by atoms with Crippen LogP contribution >= 0.6 is 39.0 Å². The number of ether oxygens (including phenoxy) is 2. The number of alkyl halides is 3. The maximum absolute atomic E-state index is 14.2. The van der Waals surface area contributed by atoms with Crippen molar-refractivity contribution in [2.75, 3.05) is 23.4 Å². The molecular formula is C32H23BrF3N3O7S2. The number of anilines is 2. The number of benzene rings is 3. The average molecular weight is 763 g/mol. The number of esters is 1. The number of nitrogens with zero attached hydrogens (tertiary/aromatic N) is 1. The number of hydrogen-bond donors (Lipinski definition) is 2. The molecule has 248 valence electrons. The van der Waals surface area contributed by atoms with Gasteiger partial charge in [-0.1, -0.05) is 51.2 Å². The highest BCUT2D eigenvalue weighted by Gasteiger charge is 2.57. The number of thioether (sulfide) groups is 1. The Morgan fingerprint density at radius 2 is 1.75 bits per heavy atom. The number of rotatable bonds is 8. The molecule has 16 heteroatoms. The molecule has 0 saturated carbocycles. The van der Waals surface area contributed by atoms with E-state index in [2.05, 4.69) is 26.2 Å². The summed E-state index contributed by atoms with van der Waals surface area (Å²) in [6.45, 7) is 1.17. The van der Waals surface area contributed by atoms with Gasteiger partial charge in [-0.15, -0.1) is 0 Å². The predicted molar refractivity (Wildman–Crippen MR) is 175 cm³/mol. The van der Waals surface area contributed by atoms with E-state index in [9.17, 15) is 37.1 Å². The summed E-state index contributed by atoms with van der Waals surface area (Å²) in [5.41, 5.74) is -0.599. The van der Waals surface area contributed by atoms with Crippen LogP contribution < -0.4 is 19.8 Å². The van der Waals surface area contributed by atoms with Gasteiger partial charge in [-0.2, -0.15) is 13.2 Å². The van der Waals surface area contributed by atoms with Crippen LogP contribution in [-0.4, -0.2) is 47.1 Å². The number of amides is 3. The minimum Gasteiger partial charge on any atom is -0.483 e. The van der Waals surface area contributed by atoms with Gasteiger partial charge in [0.25, 0.3) is 5.91 Å². The summed E-state index contributed by atoms with van der Waals surface area (Å²) >= 11 is 5.36. The van der Waals surface area contributed by atoms with Crippen LogP contribution in [0.2, 0.25) is 0 Å². The molecule has 1 saturated heterocycles. The van der Waals surface area contributed by atoms with Gasteiger partial charge in [0, 0.05) is 20.8 Å². The number of H-pyrrole nitrogens is 1. The Hall–Kier alpha value is -4.41. The first-order valence-electron chi connectivity index (χ1n) is 14.3. The lowest BCUT2D eigenvalue weighted by molar-refractivity contribution is -0.137. The summed E-state index contributed by atoms with van der Waals surface area (Å²) < 4.78 is 51.8. The summed E-state index contributed by atoms with van der Waals surface area (Å²) in [7, 11) is 0. The molecule has 0 aliphatic carbocycles. The fourth-order valence-electron chi connectivity index (χ4n) is 5.63. The molecule has 3 amide bonds. The summed E-state index contributed by atoms with van der Waals surface area (Å²) in [6, 6.07) is 15.2. The SMILES string of the molecule is CCOC(=O)c1ccc(N2C(=O)C3Sc4[nH]c(=O)sc4C(c4cc(Br)ccc4OCC(=O)Nc4ccccc4C(F)(F)F)C3C2=O)cc1. The van der Waals surface area contributed by atoms with Gasteiger partial charge in [-0.3, -0.25) is 19.2 Å². The fourth-order valence-corrected chi connectivity index (χ4v) is 8.52. The van der Waals surface area contributed by atoms with Gasteiger partial charge in [0.15, 0.2) is 6.61 Å². The second-order valence-corrected chi connectivity index (χ2v) is 13.7. The minimum atomic E-state index is -4.70. The highest BCUT2D eigenvalue weighted by molar-refractivity contribution is 9.10.